The molecule has 1 atom stereocenters. The molecule has 1 unspecified atom stereocenters. The van der Waals surface area contributed by atoms with Crippen molar-refractivity contribution in [3.63, 3.8) is 0 Å². The van der Waals surface area contributed by atoms with Gasteiger partial charge in [-0.15, -0.1) is 0 Å². The predicted octanol–water partition coefficient (Wildman–Crippen LogP) is 3.99. The summed E-state index contributed by atoms with van der Waals surface area (Å²) in [6.45, 7) is 9.74. The lowest BCUT2D eigenvalue weighted by molar-refractivity contribution is 0.274. The normalized spacial score (nSPS) is 13.6. The lowest BCUT2D eigenvalue weighted by Gasteiger charge is -2.27. The van der Waals surface area contributed by atoms with Crippen LogP contribution in [-0.2, 0) is 0 Å². The average molecular weight is 307 g/mol. The number of nitrogens with one attached hydrogen (secondary N) is 1. The Morgan fingerprint density at radius 1 is 1.50 bits per heavy atom. The zero-order valence-corrected chi connectivity index (χ0v) is 12.4. The maximum absolute atomic E-state index is 5.74. The van der Waals surface area contributed by atoms with E-state index in [0.717, 1.165) is 16.8 Å². The SMILES string of the molecule is CC(CNc1nc(Cl)ncc1Br)C(C)(C)C. The van der Waals surface area contributed by atoms with E-state index in [2.05, 4.69) is 58.9 Å². The Labute approximate surface area is 110 Å². The van der Waals surface area contributed by atoms with E-state index >= 15 is 0 Å². The largest absolute Gasteiger partial charge is 0.369 e. The average Bonchev–Trinajstić information content (AvgIpc) is 2.17. The van der Waals surface area contributed by atoms with Gasteiger partial charge >= 0.3 is 0 Å². The number of rotatable bonds is 3. The zero-order valence-electron chi connectivity index (χ0n) is 10.0. The summed E-state index contributed by atoms with van der Waals surface area (Å²) in [6.07, 6.45) is 1.65. The van der Waals surface area contributed by atoms with Gasteiger partial charge in [-0.3, -0.25) is 0 Å². The van der Waals surface area contributed by atoms with E-state index in [1.807, 2.05) is 0 Å². The minimum absolute atomic E-state index is 0.258. The van der Waals surface area contributed by atoms with E-state index in [4.69, 9.17) is 11.6 Å². The van der Waals surface area contributed by atoms with Crippen molar-refractivity contribution in [2.45, 2.75) is 27.7 Å². The summed E-state index contributed by atoms with van der Waals surface area (Å²) in [5.41, 5.74) is 0.274. The molecule has 1 rings (SSSR count). The lowest BCUT2D eigenvalue weighted by Crippen LogP contribution is -2.25. The van der Waals surface area contributed by atoms with Crippen molar-refractivity contribution in [3.8, 4) is 0 Å². The number of anilines is 1. The van der Waals surface area contributed by atoms with Crippen LogP contribution in [-0.4, -0.2) is 16.5 Å². The summed E-state index contributed by atoms with van der Waals surface area (Å²) in [5, 5.41) is 3.54. The van der Waals surface area contributed by atoms with Crippen molar-refractivity contribution in [3.05, 3.63) is 16.0 Å². The maximum Gasteiger partial charge on any atom is 0.224 e. The van der Waals surface area contributed by atoms with Gasteiger partial charge in [0.1, 0.15) is 5.82 Å². The van der Waals surface area contributed by atoms with Crippen LogP contribution in [0, 0.1) is 11.3 Å². The topological polar surface area (TPSA) is 37.8 Å². The Kier molecular flexibility index (Phi) is 4.56. The van der Waals surface area contributed by atoms with Crippen molar-refractivity contribution < 1.29 is 0 Å². The minimum Gasteiger partial charge on any atom is -0.369 e. The molecule has 1 aromatic heterocycles. The van der Waals surface area contributed by atoms with Crippen LogP contribution >= 0.6 is 27.5 Å². The third-order valence-corrected chi connectivity index (χ3v) is 3.53. The number of hydrogen-bond donors (Lipinski definition) is 1. The Morgan fingerprint density at radius 3 is 2.69 bits per heavy atom. The number of aromatic nitrogens is 2. The molecule has 16 heavy (non-hydrogen) atoms. The molecule has 1 heterocycles. The molecular weight excluding hydrogens is 289 g/mol. The highest BCUT2D eigenvalue weighted by Crippen LogP contribution is 2.26. The molecule has 0 saturated carbocycles. The van der Waals surface area contributed by atoms with E-state index < -0.39 is 0 Å². The van der Waals surface area contributed by atoms with Crippen molar-refractivity contribution in [1.82, 2.24) is 9.97 Å². The van der Waals surface area contributed by atoms with Gasteiger partial charge in [0.15, 0.2) is 0 Å². The van der Waals surface area contributed by atoms with E-state index in [0.29, 0.717) is 5.92 Å². The van der Waals surface area contributed by atoms with E-state index in [-0.39, 0.29) is 10.7 Å². The van der Waals surface area contributed by atoms with Crippen molar-refractivity contribution in [2.24, 2.45) is 11.3 Å². The van der Waals surface area contributed by atoms with Crippen LogP contribution in [0.3, 0.4) is 0 Å². The Morgan fingerprint density at radius 2 is 2.12 bits per heavy atom. The van der Waals surface area contributed by atoms with Gasteiger partial charge in [0.2, 0.25) is 5.28 Å². The second-order valence-electron chi connectivity index (χ2n) is 4.98. The molecule has 0 fully saturated rings. The first-order valence-corrected chi connectivity index (χ1v) is 6.39. The van der Waals surface area contributed by atoms with Crippen LogP contribution in [0.15, 0.2) is 10.7 Å². The van der Waals surface area contributed by atoms with Crippen LogP contribution in [0.4, 0.5) is 5.82 Å². The first-order chi connectivity index (χ1) is 7.30. The Hall–Kier alpha value is -0.350. The molecule has 0 aliphatic heterocycles. The molecule has 1 N–H and O–H groups in total. The number of nitrogens with zero attached hydrogens (tertiary/aromatic N) is 2. The molecule has 0 radical (unpaired) electrons. The fraction of sp³-hybridized carbons (Fsp3) is 0.636. The third kappa shape index (κ3) is 3.91. The summed E-state index contributed by atoms with van der Waals surface area (Å²) in [7, 11) is 0. The summed E-state index contributed by atoms with van der Waals surface area (Å²) in [6, 6.07) is 0. The molecule has 0 saturated heterocycles. The van der Waals surface area contributed by atoms with Gasteiger partial charge in [-0.05, 0) is 38.9 Å². The molecular formula is C11H17BrClN3. The van der Waals surface area contributed by atoms with Crippen molar-refractivity contribution in [1.29, 1.82) is 0 Å². The van der Waals surface area contributed by atoms with Crippen LogP contribution in [0.2, 0.25) is 5.28 Å². The highest BCUT2D eigenvalue weighted by Gasteiger charge is 2.19. The van der Waals surface area contributed by atoms with Gasteiger partial charge < -0.3 is 5.32 Å². The van der Waals surface area contributed by atoms with Gasteiger partial charge in [0.25, 0.3) is 0 Å². The van der Waals surface area contributed by atoms with Gasteiger partial charge in [-0.25, -0.2) is 4.98 Å². The second kappa shape index (κ2) is 5.32. The molecule has 3 nitrogen and oxygen atoms in total. The lowest BCUT2D eigenvalue weighted by atomic mass is 9.82. The molecule has 90 valence electrons. The van der Waals surface area contributed by atoms with Gasteiger partial charge in [-0.1, -0.05) is 27.7 Å². The molecule has 0 spiro atoms. The standard InChI is InChI=1S/C11H17BrClN3/c1-7(11(2,3)4)5-14-9-8(12)6-15-10(13)16-9/h6-7H,5H2,1-4H3,(H,14,15,16). The van der Waals surface area contributed by atoms with E-state index in [9.17, 15) is 0 Å². The Balaban J connectivity index is 2.64. The minimum atomic E-state index is 0.258. The predicted molar refractivity (Wildman–Crippen MR) is 71.9 cm³/mol. The number of hydrogen-bond acceptors (Lipinski definition) is 3. The summed E-state index contributed by atoms with van der Waals surface area (Å²) in [5.74, 6) is 1.28. The Bertz CT molecular complexity index is 363. The highest BCUT2D eigenvalue weighted by molar-refractivity contribution is 9.10. The van der Waals surface area contributed by atoms with E-state index in [1.54, 1.807) is 6.20 Å². The summed E-state index contributed by atoms with van der Waals surface area (Å²) in [4.78, 5) is 8.01. The van der Waals surface area contributed by atoms with Crippen LogP contribution in [0.1, 0.15) is 27.7 Å². The van der Waals surface area contributed by atoms with Crippen LogP contribution in [0.25, 0.3) is 0 Å². The smallest absolute Gasteiger partial charge is 0.224 e. The first-order valence-electron chi connectivity index (χ1n) is 5.22. The molecule has 0 bridgehead atoms. The van der Waals surface area contributed by atoms with E-state index in [1.165, 1.54) is 0 Å². The zero-order chi connectivity index (χ0) is 12.3. The quantitative estimate of drug-likeness (QED) is 0.858. The van der Waals surface area contributed by atoms with Crippen molar-refractivity contribution >= 4 is 33.3 Å². The van der Waals surface area contributed by atoms with Gasteiger partial charge in [0, 0.05) is 12.7 Å². The molecule has 0 aliphatic carbocycles. The number of halogens is 2. The van der Waals surface area contributed by atoms with Crippen LogP contribution < -0.4 is 5.32 Å². The second-order valence-corrected chi connectivity index (χ2v) is 6.18. The fourth-order valence-electron chi connectivity index (χ4n) is 1.03. The summed E-state index contributed by atoms with van der Waals surface area (Å²) < 4.78 is 0.831. The maximum atomic E-state index is 5.74. The monoisotopic (exact) mass is 305 g/mol. The molecule has 0 amide bonds. The fourth-order valence-corrected chi connectivity index (χ4v) is 1.49. The van der Waals surface area contributed by atoms with Gasteiger partial charge in [-0.2, -0.15) is 4.98 Å². The van der Waals surface area contributed by atoms with Crippen molar-refractivity contribution in [2.75, 3.05) is 11.9 Å². The van der Waals surface area contributed by atoms with Crippen LogP contribution in [0.5, 0.6) is 0 Å². The summed E-state index contributed by atoms with van der Waals surface area (Å²) >= 11 is 9.12. The third-order valence-electron chi connectivity index (χ3n) is 2.77. The van der Waals surface area contributed by atoms with Gasteiger partial charge in [0.05, 0.1) is 4.47 Å². The first kappa shape index (κ1) is 13.7. The molecule has 1 aromatic rings. The molecule has 0 aliphatic rings. The molecule has 5 heteroatoms. The molecule has 0 aromatic carbocycles. The highest BCUT2D eigenvalue weighted by atomic mass is 79.9.